The maximum atomic E-state index is 12.8. The number of amides is 1. The summed E-state index contributed by atoms with van der Waals surface area (Å²) in [5, 5.41) is 2.66. The Morgan fingerprint density at radius 3 is 2.61 bits per heavy atom. The van der Waals surface area contributed by atoms with E-state index in [2.05, 4.69) is 10.3 Å². The molecule has 2 N–H and O–H groups in total. The van der Waals surface area contributed by atoms with Crippen LogP contribution in [-0.2, 0) is 6.54 Å². The maximum Gasteiger partial charge on any atom is 0.251 e. The van der Waals surface area contributed by atoms with E-state index in [9.17, 15) is 14.0 Å². The molecule has 0 bridgehead atoms. The summed E-state index contributed by atoms with van der Waals surface area (Å²) in [6.45, 7) is 4.61. The van der Waals surface area contributed by atoms with Crippen molar-refractivity contribution in [2.24, 2.45) is 5.92 Å². The van der Waals surface area contributed by atoms with E-state index < -0.39 is 5.82 Å². The lowest BCUT2D eigenvalue weighted by Crippen LogP contribution is -2.24. The summed E-state index contributed by atoms with van der Waals surface area (Å²) < 4.78 is 18.2. The van der Waals surface area contributed by atoms with E-state index in [0.717, 1.165) is 0 Å². The molecule has 1 amide bonds. The molecule has 1 aromatic carbocycles. The molecule has 5 nitrogen and oxygen atoms in total. The molecule has 0 radical (unpaired) electrons. The number of carbonyl (C=O) groups is 1. The molecule has 122 valence electrons. The van der Waals surface area contributed by atoms with Gasteiger partial charge in [0.2, 0.25) is 5.43 Å². The highest BCUT2D eigenvalue weighted by Crippen LogP contribution is 2.06. The number of hydrogen-bond donors (Lipinski definition) is 2. The Bertz CT molecular complexity index is 723. The monoisotopic (exact) mass is 318 g/mol. The second kappa shape index (κ2) is 7.58. The van der Waals surface area contributed by atoms with Gasteiger partial charge in [0.15, 0.2) is 5.75 Å². The molecule has 0 saturated heterocycles. The molecule has 6 heteroatoms. The fourth-order valence-electron chi connectivity index (χ4n) is 1.85. The van der Waals surface area contributed by atoms with Gasteiger partial charge >= 0.3 is 0 Å². The molecule has 0 atom stereocenters. The molecule has 1 heterocycles. The highest BCUT2D eigenvalue weighted by molar-refractivity contribution is 5.94. The molecule has 0 aliphatic carbocycles. The van der Waals surface area contributed by atoms with Crippen LogP contribution in [0.15, 0.2) is 41.3 Å². The number of nitrogens with one attached hydrogen (secondary N) is 2. The number of rotatable bonds is 6. The lowest BCUT2D eigenvalue weighted by Gasteiger charge is -2.09. The average Bonchev–Trinajstić information content (AvgIpc) is 2.52. The van der Waals surface area contributed by atoms with E-state index >= 15 is 0 Å². The molecule has 0 fully saturated rings. The summed E-state index contributed by atoms with van der Waals surface area (Å²) >= 11 is 0. The van der Waals surface area contributed by atoms with Gasteiger partial charge in [0.1, 0.15) is 5.82 Å². The lowest BCUT2D eigenvalue weighted by molar-refractivity contribution is 0.0950. The van der Waals surface area contributed by atoms with Crippen molar-refractivity contribution in [2.45, 2.75) is 20.4 Å². The van der Waals surface area contributed by atoms with Gasteiger partial charge in [-0.2, -0.15) is 0 Å². The minimum atomic E-state index is -0.400. The number of hydrogen-bond acceptors (Lipinski definition) is 3. The number of pyridine rings is 1. The third-order valence-electron chi connectivity index (χ3n) is 3.05. The van der Waals surface area contributed by atoms with Crippen LogP contribution in [0.5, 0.6) is 5.75 Å². The van der Waals surface area contributed by atoms with Crippen LogP contribution in [0.3, 0.4) is 0 Å². The fourth-order valence-corrected chi connectivity index (χ4v) is 1.85. The summed E-state index contributed by atoms with van der Waals surface area (Å²) in [4.78, 5) is 26.7. The van der Waals surface area contributed by atoms with Gasteiger partial charge in [-0.25, -0.2) is 4.39 Å². The van der Waals surface area contributed by atoms with Gasteiger partial charge in [-0.1, -0.05) is 13.8 Å². The van der Waals surface area contributed by atoms with E-state index in [1.807, 2.05) is 13.8 Å². The van der Waals surface area contributed by atoms with Gasteiger partial charge in [0.25, 0.3) is 5.91 Å². The van der Waals surface area contributed by atoms with Gasteiger partial charge in [-0.15, -0.1) is 0 Å². The van der Waals surface area contributed by atoms with Crippen molar-refractivity contribution in [3.8, 4) is 5.75 Å². The average molecular weight is 318 g/mol. The molecule has 0 spiro atoms. The smallest absolute Gasteiger partial charge is 0.251 e. The van der Waals surface area contributed by atoms with E-state index in [4.69, 9.17) is 4.74 Å². The quantitative estimate of drug-likeness (QED) is 0.859. The Morgan fingerprint density at radius 2 is 2.00 bits per heavy atom. The number of halogens is 1. The third-order valence-corrected chi connectivity index (χ3v) is 3.05. The molecule has 0 aliphatic heterocycles. The maximum absolute atomic E-state index is 12.8. The molecule has 0 unspecified atom stereocenters. The van der Waals surface area contributed by atoms with E-state index in [0.29, 0.717) is 23.8 Å². The predicted molar refractivity (Wildman–Crippen MR) is 85.0 cm³/mol. The van der Waals surface area contributed by atoms with Gasteiger partial charge in [0.05, 0.1) is 13.2 Å². The number of aromatic amines is 1. The summed E-state index contributed by atoms with van der Waals surface area (Å²) in [6.07, 6.45) is 1.49. The van der Waals surface area contributed by atoms with Crippen LogP contribution in [0.2, 0.25) is 0 Å². The highest BCUT2D eigenvalue weighted by Gasteiger charge is 2.07. The Morgan fingerprint density at radius 1 is 1.30 bits per heavy atom. The largest absolute Gasteiger partial charge is 0.488 e. The van der Waals surface area contributed by atoms with Crippen LogP contribution >= 0.6 is 0 Å². The first kappa shape index (κ1) is 16.7. The van der Waals surface area contributed by atoms with Crippen molar-refractivity contribution in [1.82, 2.24) is 10.3 Å². The summed E-state index contributed by atoms with van der Waals surface area (Å²) in [5.74, 6) is -0.162. The van der Waals surface area contributed by atoms with Crippen LogP contribution in [0.1, 0.15) is 29.9 Å². The Labute approximate surface area is 133 Å². The van der Waals surface area contributed by atoms with Gasteiger partial charge in [-0.05, 0) is 30.2 Å². The standard InChI is InChI=1S/C17H19FN2O3/c1-11(2)10-23-16-9-19-14(7-15(16)21)8-20-17(22)12-3-5-13(18)6-4-12/h3-7,9,11H,8,10H2,1-2H3,(H,19,21)(H,20,22). The molecule has 0 aliphatic rings. The second-order valence-electron chi connectivity index (χ2n) is 5.58. The number of aromatic nitrogens is 1. The minimum absolute atomic E-state index is 0.163. The van der Waals surface area contributed by atoms with Crippen LogP contribution < -0.4 is 15.5 Å². The van der Waals surface area contributed by atoms with Gasteiger partial charge in [0, 0.05) is 23.5 Å². The van der Waals surface area contributed by atoms with Crippen LogP contribution in [0, 0.1) is 11.7 Å². The number of ether oxygens (including phenoxy) is 1. The van der Waals surface area contributed by atoms with E-state index in [1.54, 1.807) is 0 Å². The predicted octanol–water partition coefficient (Wildman–Crippen LogP) is 2.48. The molecule has 23 heavy (non-hydrogen) atoms. The second-order valence-corrected chi connectivity index (χ2v) is 5.58. The highest BCUT2D eigenvalue weighted by atomic mass is 19.1. The zero-order valence-electron chi connectivity index (χ0n) is 13.1. The molecule has 1 aromatic heterocycles. The fraction of sp³-hybridized carbons (Fsp3) is 0.294. The Kier molecular flexibility index (Phi) is 5.51. The van der Waals surface area contributed by atoms with Crippen molar-refractivity contribution >= 4 is 5.91 Å². The SMILES string of the molecule is CC(C)COc1c[nH]c(CNC(=O)c2ccc(F)cc2)cc1=O. The summed E-state index contributed by atoms with van der Waals surface area (Å²) in [7, 11) is 0. The van der Waals surface area contributed by atoms with Crippen molar-refractivity contribution in [3.63, 3.8) is 0 Å². The molecular formula is C17H19FN2O3. The van der Waals surface area contributed by atoms with Crippen LogP contribution in [0.4, 0.5) is 4.39 Å². The van der Waals surface area contributed by atoms with Crippen molar-refractivity contribution < 1.29 is 13.9 Å². The Hall–Kier alpha value is -2.63. The van der Waals surface area contributed by atoms with Gasteiger partial charge in [-0.3, -0.25) is 9.59 Å². The molecule has 2 aromatic rings. The third kappa shape index (κ3) is 4.95. The van der Waals surface area contributed by atoms with Crippen molar-refractivity contribution in [2.75, 3.05) is 6.61 Å². The number of benzene rings is 1. The normalized spacial score (nSPS) is 10.6. The Balaban J connectivity index is 1.95. The molecule has 0 saturated carbocycles. The van der Waals surface area contributed by atoms with Crippen LogP contribution in [0.25, 0.3) is 0 Å². The van der Waals surface area contributed by atoms with Crippen molar-refractivity contribution in [3.05, 3.63) is 63.8 Å². The lowest BCUT2D eigenvalue weighted by atomic mass is 10.2. The van der Waals surface area contributed by atoms with Gasteiger partial charge < -0.3 is 15.0 Å². The first-order chi connectivity index (χ1) is 11.0. The zero-order valence-corrected chi connectivity index (χ0v) is 13.1. The van der Waals surface area contributed by atoms with E-state index in [-0.39, 0.29) is 23.6 Å². The molecule has 2 rings (SSSR count). The summed E-state index contributed by atoms with van der Waals surface area (Å²) in [6, 6.07) is 6.63. The number of H-pyrrole nitrogens is 1. The summed E-state index contributed by atoms with van der Waals surface area (Å²) in [5.41, 5.74) is 0.670. The minimum Gasteiger partial charge on any atom is -0.488 e. The number of carbonyl (C=O) groups excluding carboxylic acids is 1. The molecular weight excluding hydrogens is 299 g/mol. The first-order valence-corrected chi connectivity index (χ1v) is 7.34. The topological polar surface area (TPSA) is 71.2 Å². The van der Waals surface area contributed by atoms with Crippen molar-refractivity contribution in [1.29, 1.82) is 0 Å². The van der Waals surface area contributed by atoms with Crippen LogP contribution in [-0.4, -0.2) is 17.5 Å². The first-order valence-electron chi connectivity index (χ1n) is 7.34. The van der Waals surface area contributed by atoms with E-state index in [1.165, 1.54) is 36.5 Å². The zero-order chi connectivity index (χ0) is 16.8.